The van der Waals surface area contributed by atoms with Gasteiger partial charge in [-0.05, 0) is 13.2 Å². The second kappa shape index (κ2) is 22.8. The molecule has 0 aliphatic rings. The molecule has 0 bridgehead atoms. The maximum Gasteiger partial charge on any atom is 0.128 e. The van der Waals surface area contributed by atoms with E-state index in [2.05, 4.69) is 41.4 Å². The van der Waals surface area contributed by atoms with Gasteiger partial charge in [0.05, 0.1) is 0 Å². The number of aromatic nitrogens is 3. The van der Waals surface area contributed by atoms with Crippen molar-refractivity contribution in [1.82, 2.24) is 15.0 Å². The van der Waals surface area contributed by atoms with Crippen molar-refractivity contribution >= 4 is 12.6 Å². The Kier molecular flexibility index (Phi) is 31.0. The third kappa shape index (κ3) is 22.5. The van der Waals surface area contributed by atoms with Crippen molar-refractivity contribution < 1.29 is 0 Å². The third-order valence-electron chi connectivity index (χ3n) is 0.622. The Labute approximate surface area is 93.8 Å². The summed E-state index contributed by atoms with van der Waals surface area (Å²) in [5.41, 5.74) is 0. The molecule has 0 aromatic carbocycles. The zero-order valence-corrected chi connectivity index (χ0v) is 11.0. The highest BCUT2D eigenvalue weighted by atomic mass is 32.1. The summed E-state index contributed by atoms with van der Waals surface area (Å²) in [6.07, 6.45) is 5.89. The van der Waals surface area contributed by atoms with Crippen LogP contribution in [0.25, 0.3) is 0 Å². The van der Waals surface area contributed by atoms with E-state index in [1.54, 1.807) is 6.26 Å². The molecular weight excluding hydrogens is 194 g/mol. The Morgan fingerprint density at radius 2 is 1.36 bits per heavy atom. The normalized spacial score (nSPS) is 6.50. The molecule has 0 N–H and O–H groups in total. The number of rotatable bonds is 0. The van der Waals surface area contributed by atoms with Gasteiger partial charge in [-0.2, -0.15) is 12.6 Å². The average molecular weight is 217 g/mol. The van der Waals surface area contributed by atoms with Crippen LogP contribution in [-0.2, 0) is 0 Å². The van der Waals surface area contributed by atoms with E-state index in [0.29, 0.717) is 0 Å². The fourth-order valence-corrected chi connectivity index (χ4v) is 0.297. The average Bonchev–Trinajstić information content (AvgIpc) is 2.26. The standard InChI is InChI=1S/C4H5N3.C3H8.C2H6.CH4S/c1-4-6-2-5-3-7-4;1-3-2;2*1-2/h2-3H,1H3;3H2,1-2H3;1-2H3;2H,1H3. The van der Waals surface area contributed by atoms with E-state index < -0.39 is 0 Å². The van der Waals surface area contributed by atoms with Gasteiger partial charge >= 0.3 is 0 Å². The second-order valence-corrected chi connectivity index (χ2v) is 1.89. The predicted molar refractivity (Wildman–Crippen MR) is 66.8 cm³/mol. The van der Waals surface area contributed by atoms with E-state index in [1.165, 1.54) is 19.1 Å². The zero-order chi connectivity index (χ0) is 11.8. The lowest BCUT2D eigenvalue weighted by molar-refractivity contribution is 0.974. The molecule has 1 aromatic heterocycles. The molecular formula is C10H23N3S. The Balaban J connectivity index is -0.000000148. The third-order valence-corrected chi connectivity index (χ3v) is 0.622. The molecule has 1 aromatic rings. The first-order chi connectivity index (χ1) is 6.81. The van der Waals surface area contributed by atoms with Crippen LogP contribution in [0.15, 0.2) is 12.7 Å². The van der Waals surface area contributed by atoms with E-state index in [1.807, 2.05) is 20.8 Å². The molecule has 0 radical (unpaired) electrons. The van der Waals surface area contributed by atoms with Crippen molar-refractivity contribution in [2.24, 2.45) is 0 Å². The number of aryl methyl sites for hydroxylation is 1. The summed E-state index contributed by atoms with van der Waals surface area (Å²) in [6, 6.07) is 0. The van der Waals surface area contributed by atoms with Crippen LogP contribution in [0.5, 0.6) is 0 Å². The first-order valence-electron chi connectivity index (χ1n) is 4.84. The predicted octanol–water partition coefficient (Wildman–Crippen LogP) is 3.17. The summed E-state index contributed by atoms with van der Waals surface area (Å²) >= 11 is 3.53. The van der Waals surface area contributed by atoms with Gasteiger partial charge in [0.25, 0.3) is 0 Å². The molecule has 0 aliphatic carbocycles. The topological polar surface area (TPSA) is 38.7 Å². The van der Waals surface area contributed by atoms with Gasteiger partial charge in [0.2, 0.25) is 0 Å². The van der Waals surface area contributed by atoms with Crippen LogP contribution in [-0.4, -0.2) is 21.2 Å². The Morgan fingerprint density at radius 3 is 1.50 bits per heavy atom. The van der Waals surface area contributed by atoms with Crippen molar-refractivity contribution in [2.45, 2.75) is 41.0 Å². The zero-order valence-electron chi connectivity index (χ0n) is 10.2. The maximum absolute atomic E-state index is 3.76. The summed E-state index contributed by atoms with van der Waals surface area (Å²) in [5, 5.41) is 0. The molecule has 3 nitrogen and oxygen atoms in total. The smallest absolute Gasteiger partial charge is 0.128 e. The highest BCUT2D eigenvalue weighted by Gasteiger charge is 1.75. The highest BCUT2D eigenvalue weighted by Crippen LogP contribution is 1.74. The maximum atomic E-state index is 3.76. The molecule has 0 atom stereocenters. The minimum absolute atomic E-state index is 0.759. The van der Waals surface area contributed by atoms with Crippen molar-refractivity contribution in [3.63, 3.8) is 0 Å². The van der Waals surface area contributed by atoms with Gasteiger partial charge < -0.3 is 0 Å². The number of nitrogens with zero attached hydrogens (tertiary/aromatic N) is 3. The van der Waals surface area contributed by atoms with Crippen molar-refractivity contribution in [2.75, 3.05) is 6.26 Å². The first-order valence-corrected chi connectivity index (χ1v) is 5.74. The lowest BCUT2D eigenvalue weighted by atomic mass is 10.6. The molecule has 1 heterocycles. The second-order valence-electron chi connectivity index (χ2n) is 1.89. The van der Waals surface area contributed by atoms with E-state index in [4.69, 9.17) is 0 Å². The minimum atomic E-state index is 0.759. The molecule has 0 aliphatic heterocycles. The fraction of sp³-hybridized carbons (Fsp3) is 0.700. The summed E-state index contributed by atoms with van der Waals surface area (Å²) in [5.74, 6) is 0.759. The van der Waals surface area contributed by atoms with Crippen LogP contribution in [0.1, 0.15) is 39.9 Å². The Bertz CT molecular complexity index is 157. The van der Waals surface area contributed by atoms with E-state index in [-0.39, 0.29) is 0 Å². The van der Waals surface area contributed by atoms with Crippen LogP contribution in [0.4, 0.5) is 0 Å². The van der Waals surface area contributed by atoms with Crippen LogP contribution < -0.4 is 0 Å². The van der Waals surface area contributed by atoms with Gasteiger partial charge in [-0.25, -0.2) is 15.0 Å². The van der Waals surface area contributed by atoms with Gasteiger partial charge in [-0.3, -0.25) is 0 Å². The van der Waals surface area contributed by atoms with Gasteiger partial charge in [-0.15, -0.1) is 0 Å². The SMILES string of the molecule is CC.CCC.CS.Cc1ncncn1. The van der Waals surface area contributed by atoms with E-state index in [9.17, 15) is 0 Å². The summed E-state index contributed by atoms with van der Waals surface area (Å²) in [7, 11) is 0. The minimum Gasteiger partial charge on any atom is -0.225 e. The summed E-state index contributed by atoms with van der Waals surface area (Å²) < 4.78 is 0. The molecule has 0 spiro atoms. The highest BCUT2D eigenvalue weighted by molar-refractivity contribution is 7.79. The van der Waals surface area contributed by atoms with E-state index in [0.717, 1.165) is 5.82 Å². The Morgan fingerprint density at radius 1 is 1.07 bits per heavy atom. The van der Waals surface area contributed by atoms with Crippen LogP contribution in [0.2, 0.25) is 0 Å². The Hall–Kier alpha value is -0.640. The van der Waals surface area contributed by atoms with Gasteiger partial charge in [0.15, 0.2) is 0 Å². The van der Waals surface area contributed by atoms with Crippen LogP contribution in [0.3, 0.4) is 0 Å². The molecule has 14 heavy (non-hydrogen) atoms. The number of hydrogen-bond donors (Lipinski definition) is 1. The van der Waals surface area contributed by atoms with Crippen LogP contribution >= 0.6 is 12.6 Å². The molecule has 0 fully saturated rings. The van der Waals surface area contributed by atoms with Gasteiger partial charge in [-0.1, -0.05) is 34.1 Å². The fourth-order valence-electron chi connectivity index (χ4n) is 0.297. The molecule has 0 amide bonds. The molecule has 0 unspecified atom stereocenters. The summed E-state index contributed by atoms with van der Waals surface area (Å²) in [6.45, 7) is 10.1. The quantitative estimate of drug-likeness (QED) is 0.678. The largest absolute Gasteiger partial charge is 0.225 e. The number of hydrogen-bond acceptors (Lipinski definition) is 4. The molecule has 0 saturated carbocycles. The lowest BCUT2D eigenvalue weighted by Gasteiger charge is -1.80. The molecule has 4 heteroatoms. The van der Waals surface area contributed by atoms with E-state index >= 15 is 0 Å². The summed E-state index contributed by atoms with van der Waals surface area (Å²) in [4.78, 5) is 11.1. The first kappa shape index (κ1) is 19.0. The van der Waals surface area contributed by atoms with Crippen LogP contribution in [0, 0.1) is 6.92 Å². The molecule has 0 saturated heterocycles. The van der Waals surface area contributed by atoms with Gasteiger partial charge in [0.1, 0.15) is 18.5 Å². The number of thiol groups is 1. The van der Waals surface area contributed by atoms with Crippen molar-refractivity contribution in [3.05, 3.63) is 18.5 Å². The lowest BCUT2D eigenvalue weighted by Crippen LogP contribution is -1.84. The molecule has 1 rings (SSSR count). The van der Waals surface area contributed by atoms with Crippen molar-refractivity contribution in [3.8, 4) is 0 Å². The molecule has 84 valence electrons. The van der Waals surface area contributed by atoms with Crippen molar-refractivity contribution in [1.29, 1.82) is 0 Å². The van der Waals surface area contributed by atoms with Gasteiger partial charge in [0, 0.05) is 0 Å². The monoisotopic (exact) mass is 217 g/mol.